The number of methoxy groups -OCH3 is 3. The fraction of sp³-hybridized carbons (Fsp3) is 0.412. The summed E-state index contributed by atoms with van der Waals surface area (Å²) in [5, 5.41) is 15.7. The average Bonchev–Trinajstić information content (AvgIpc) is 3.47. The molecular weight excluding hydrogens is 613 g/mol. The highest BCUT2D eigenvalue weighted by Gasteiger charge is 2.42. The first-order chi connectivity index (χ1) is 22.0. The number of nitrogens with zero attached hydrogens (tertiary/aromatic N) is 1. The van der Waals surface area contributed by atoms with E-state index in [0.29, 0.717) is 16.5 Å². The van der Waals surface area contributed by atoms with Gasteiger partial charge in [0.25, 0.3) is 11.8 Å². The smallest absolute Gasteiger partial charge is 0.408 e. The number of fused-ring (bicyclic) bond motifs is 1. The molecule has 2 heterocycles. The van der Waals surface area contributed by atoms with Crippen molar-refractivity contribution in [1.82, 2.24) is 15.2 Å². The molecule has 13 heteroatoms. The zero-order valence-corrected chi connectivity index (χ0v) is 27.7. The molecule has 3 aromatic rings. The van der Waals surface area contributed by atoms with Gasteiger partial charge in [0.2, 0.25) is 5.75 Å². The number of benzene rings is 2. The summed E-state index contributed by atoms with van der Waals surface area (Å²) in [5.41, 5.74) is -1.57. The molecule has 0 saturated carbocycles. The summed E-state index contributed by atoms with van der Waals surface area (Å²) < 4.78 is 38.1. The van der Waals surface area contributed by atoms with Crippen LogP contribution >= 0.6 is 0 Å². The maximum Gasteiger partial charge on any atom is 0.408 e. The van der Waals surface area contributed by atoms with E-state index in [1.807, 2.05) is 13.8 Å². The lowest BCUT2D eigenvalue weighted by Gasteiger charge is -2.33. The maximum absolute atomic E-state index is 14.7. The van der Waals surface area contributed by atoms with E-state index in [1.165, 1.54) is 51.7 Å². The number of carboxylic acids is 1. The number of aromatic nitrogens is 1. The Morgan fingerprint density at radius 3 is 2.13 bits per heavy atom. The van der Waals surface area contributed by atoms with Crippen molar-refractivity contribution in [2.45, 2.75) is 65.1 Å². The number of alkyl carbamates (subject to hydrolysis) is 1. The van der Waals surface area contributed by atoms with Crippen LogP contribution in [-0.2, 0) is 25.7 Å². The second kappa shape index (κ2) is 13.3. The minimum atomic E-state index is -1.71. The Bertz CT molecular complexity index is 1740. The topological polar surface area (TPSA) is 154 Å². The number of halogens is 1. The Balaban J connectivity index is 1.87. The van der Waals surface area contributed by atoms with Gasteiger partial charge in [0, 0.05) is 29.2 Å². The van der Waals surface area contributed by atoms with Crippen LogP contribution in [0, 0.1) is 11.7 Å². The first-order valence-corrected chi connectivity index (χ1v) is 15.0. The lowest BCUT2D eigenvalue weighted by Crippen LogP contribution is -2.56. The van der Waals surface area contributed by atoms with E-state index in [2.05, 4.69) is 10.6 Å². The summed E-state index contributed by atoms with van der Waals surface area (Å²) in [4.78, 5) is 52.2. The van der Waals surface area contributed by atoms with Crippen molar-refractivity contribution in [3.63, 3.8) is 0 Å². The van der Waals surface area contributed by atoms with Crippen LogP contribution < -0.4 is 24.8 Å². The number of rotatable bonds is 12. The molecule has 1 aliphatic heterocycles. The van der Waals surface area contributed by atoms with Crippen molar-refractivity contribution in [2.24, 2.45) is 5.92 Å². The van der Waals surface area contributed by atoms with Gasteiger partial charge in [-0.25, -0.2) is 14.0 Å². The number of carboxylic acid groups (broad SMARTS) is 1. The van der Waals surface area contributed by atoms with E-state index in [9.17, 15) is 28.7 Å². The van der Waals surface area contributed by atoms with Gasteiger partial charge in [0.1, 0.15) is 17.0 Å². The molecule has 0 spiro atoms. The third-order valence-electron chi connectivity index (χ3n) is 7.68. The van der Waals surface area contributed by atoms with Crippen LogP contribution in [-0.4, -0.2) is 66.0 Å². The molecule has 0 aliphatic carbocycles. The number of hydrogen-bond donors (Lipinski definition) is 3. The molecule has 2 aromatic carbocycles. The third-order valence-corrected chi connectivity index (χ3v) is 7.68. The Kier molecular flexibility index (Phi) is 9.88. The average molecular weight is 654 g/mol. The van der Waals surface area contributed by atoms with E-state index in [4.69, 9.17) is 18.9 Å². The molecule has 0 saturated heterocycles. The number of hydrogen-bond acceptors (Lipinski definition) is 8. The Morgan fingerprint density at radius 1 is 0.979 bits per heavy atom. The van der Waals surface area contributed by atoms with Crippen molar-refractivity contribution in [2.75, 3.05) is 21.3 Å². The summed E-state index contributed by atoms with van der Waals surface area (Å²) in [5.74, 6) is -2.54. The van der Waals surface area contributed by atoms with E-state index < -0.39 is 40.8 Å². The predicted molar refractivity (Wildman–Crippen MR) is 172 cm³/mol. The van der Waals surface area contributed by atoms with Crippen LogP contribution in [0.1, 0.15) is 58.6 Å². The SMILES string of the molecule is COc1cc(C2=C(c3cn(CCC(CC(C)C)(NC(=O)OC(C)(C)C)C(=O)O)c4ccc(F)cc34)C(=O)NC2=O)cc(OC)c1OC. The molecule has 0 radical (unpaired) electrons. The Morgan fingerprint density at radius 2 is 1.60 bits per heavy atom. The fourth-order valence-electron chi connectivity index (χ4n) is 5.84. The van der Waals surface area contributed by atoms with E-state index in [-0.39, 0.29) is 59.3 Å². The van der Waals surface area contributed by atoms with Gasteiger partial charge in [-0.3, -0.25) is 14.9 Å². The van der Waals surface area contributed by atoms with E-state index >= 15 is 0 Å². The number of aliphatic carboxylic acids is 1. The summed E-state index contributed by atoms with van der Waals surface area (Å²) >= 11 is 0. The van der Waals surface area contributed by atoms with Gasteiger partial charge in [-0.1, -0.05) is 13.8 Å². The highest BCUT2D eigenvalue weighted by atomic mass is 19.1. The van der Waals surface area contributed by atoms with Crippen LogP contribution in [0.2, 0.25) is 0 Å². The van der Waals surface area contributed by atoms with Crippen molar-refractivity contribution in [3.8, 4) is 17.2 Å². The quantitative estimate of drug-likeness (QED) is 0.225. The van der Waals surface area contributed by atoms with E-state index in [0.717, 1.165) is 0 Å². The summed E-state index contributed by atoms with van der Waals surface area (Å²) in [6.07, 6.45) is 0.715. The van der Waals surface area contributed by atoms with Gasteiger partial charge >= 0.3 is 12.1 Å². The van der Waals surface area contributed by atoms with Crippen LogP contribution in [0.3, 0.4) is 0 Å². The zero-order chi connectivity index (χ0) is 34.8. The largest absolute Gasteiger partial charge is 0.493 e. The van der Waals surface area contributed by atoms with Crippen molar-refractivity contribution >= 4 is 45.9 Å². The number of amides is 3. The number of aryl methyl sites for hydroxylation is 1. The molecule has 1 aliphatic rings. The number of carbonyl (C=O) groups excluding carboxylic acids is 3. The highest BCUT2D eigenvalue weighted by molar-refractivity contribution is 6.50. The molecule has 1 aromatic heterocycles. The lowest BCUT2D eigenvalue weighted by molar-refractivity contribution is -0.146. The summed E-state index contributed by atoms with van der Waals surface area (Å²) in [6.45, 7) is 8.75. The molecule has 1 unspecified atom stereocenters. The third kappa shape index (κ3) is 7.18. The Labute approximate surface area is 271 Å². The number of nitrogens with one attached hydrogen (secondary N) is 2. The van der Waals surface area contributed by atoms with Gasteiger partial charge in [0.05, 0.1) is 32.5 Å². The van der Waals surface area contributed by atoms with Gasteiger partial charge in [-0.05, 0) is 75.4 Å². The van der Waals surface area contributed by atoms with Crippen molar-refractivity contribution < 1.29 is 47.6 Å². The van der Waals surface area contributed by atoms with Gasteiger partial charge < -0.3 is 33.9 Å². The molecule has 3 N–H and O–H groups in total. The van der Waals surface area contributed by atoms with Crippen molar-refractivity contribution in [1.29, 1.82) is 0 Å². The second-order valence-electron chi connectivity index (χ2n) is 12.7. The molecule has 47 heavy (non-hydrogen) atoms. The number of carbonyl (C=O) groups is 4. The standard InChI is InChI=1S/C34H40FN3O9/c1-18(2)16-34(31(41)42,37-32(43)47-33(3,4)5)11-12-38-17-22(21-15-20(35)9-10-23(21)38)27-26(29(39)36-30(27)40)19-13-24(44-6)28(46-8)25(14-19)45-7/h9-10,13-15,17-18H,11-12,16H2,1-8H3,(H,37,43)(H,41,42)(H,36,39,40). The van der Waals surface area contributed by atoms with Crippen LogP contribution in [0.4, 0.5) is 9.18 Å². The highest BCUT2D eigenvalue weighted by Crippen LogP contribution is 2.43. The minimum Gasteiger partial charge on any atom is -0.493 e. The lowest BCUT2D eigenvalue weighted by atomic mass is 9.85. The Hall–Kier alpha value is -5.07. The van der Waals surface area contributed by atoms with Crippen LogP contribution in [0.15, 0.2) is 36.5 Å². The molecule has 12 nitrogen and oxygen atoms in total. The first-order valence-electron chi connectivity index (χ1n) is 15.0. The molecule has 252 valence electrons. The molecule has 3 amide bonds. The molecule has 0 bridgehead atoms. The second-order valence-corrected chi connectivity index (χ2v) is 12.7. The van der Waals surface area contributed by atoms with Crippen LogP contribution in [0.25, 0.3) is 22.0 Å². The molecule has 1 atom stereocenters. The molecular formula is C34H40FN3O9. The van der Waals surface area contributed by atoms with Gasteiger partial charge in [-0.15, -0.1) is 0 Å². The van der Waals surface area contributed by atoms with Crippen molar-refractivity contribution in [3.05, 3.63) is 53.5 Å². The maximum atomic E-state index is 14.7. The summed E-state index contributed by atoms with van der Waals surface area (Å²) in [7, 11) is 4.27. The van der Waals surface area contributed by atoms with Crippen LogP contribution in [0.5, 0.6) is 17.2 Å². The molecule has 4 rings (SSSR count). The normalized spacial score (nSPS) is 14.7. The monoisotopic (exact) mass is 653 g/mol. The van der Waals surface area contributed by atoms with Gasteiger partial charge in [0.15, 0.2) is 11.5 Å². The first kappa shape index (κ1) is 34.8. The number of imide groups is 1. The van der Waals surface area contributed by atoms with E-state index in [1.54, 1.807) is 31.5 Å². The predicted octanol–water partition coefficient (Wildman–Crippen LogP) is 5.16. The van der Waals surface area contributed by atoms with Gasteiger partial charge in [-0.2, -0.15) is 0 Å². The zero-order valence-electron chi connectivity index (χ0n) is 27.7. The summed E-state index contributed by atoms with van der Waals surface area (Å²) in [6, 6.07) is 7.06. The number of ether oxygens (including phenoxy) is 4. The fourth-order valence-corrected chi connectivity index (χ4v) is 5.84. The molecule has 0 fully saturated rings. The minimum absolute atomic E-state index is 0.00356.